The van der Waals surface area contributed by atoms with Crippen LogP contribution in [0, 0.1) is 5.92 Å². The number of nitrogens with one attached hydrogen (secondary N) is 1. The minimum atomic E-state index is -3.81. The number of carbonyl (C=O) groups excluding carboxylic acids is 2. The monoisotopic (exact) mass is 451 g/mol. The number of ether oxygens (including phenoxy) is 1. The molecule has 0 atom stereocenters. The van der Waals surface area contributed by atoms with Gasteiger partial charge in [0.2, 0.25) is 15.9 Å². The van der Waals surface area contributed by atoms with Gasteiger partial charge in [0.05, 0.1) is 17.7 Å². The van der Waals surface area contributed by atoms with Crippen molar-refractivity contribution in [3.63, 3.8) is 0 Å². The summed E-state index contributed by atoms with van der Waals surface area (Å²) in [5.74, 6) is -0.837. The number of piperidine rings is 1. The van der Waals surface area contributed by atoms with Crippen LogP contribution < -0.4 is 15.8 Å². The van der Waals surface area contributed by atoms with E-state index in [0.29, 0.717) is 29.2 Å². The zero-order valence-corrected chi connectivity index (χ0v) is 17.9. The molecule has 10 heteroatoms. The van der Waals surface area contributed by atoms with E-state index in [1.54, 1.807) is 24.3 Å². The summed E-state index contributed by atoms with van der Waals surface area (Å²) in [6, 6.07) is 10.6. The molecule has 8 nitrogen and oxygen atoms in total. The molecule has 160 valence electrons. The number of benzene rings is 2. The first kappa shape index (κ1) is 22.1. The van der Waals surface area contributed by atoms with E-state index in [4.69, 9.17) is 22.1 Å². The molecule has 1 aliphatic rings. The molecule has 0 bridgehead atoms. The van der Waals surface area contributed by atoms with E-state index in [0.717, 1.165) is 0 Å². The fraction of sp³-hybridized carbons (Fsp3) is 0.300. The Labute approximate surface area is 180 Å². The normalized spacial score (nSPS) is 15.5. The SMILES string of the molecule is COc1ccc(S(=O)(=O)N2CCC(C(N)=O)CC2)cc1NC(=O)c1ccc(Cl)cc1. The number of nitrogens with zero attached hydrogens (tertiary/aromatic N) is 1. The number of methoxy groups -OCH3 is 1. The van der Waals surface area contributed by atoms with Crippen molar-refractivity contribution in [1.82, 2.24) is 4.31 Å². The lowest BCUT2D eigenvalue weighted by molar-refractivity contribution is -0.122. The summed E-state index contributed by atoms with van der Waals surface area (Å²) in [5.41, 5.74) is 5.91. The van der Waals surface area contributed by atoms with Crippen molar-refractivity contribution < 1.29 is 22.7 Å². The fourth-order valence-corrected chi connectivity index (χ4v) is 4.89. The van der Waals surface area contributed by atoms with Gasteiger partial charge in [-0.2, -0.15) is 4.31 Å². The number of rotatable bonds is 6. The van der Waals surface area contributed by atoms with Crippen LogP contribution in [-0.2, 0) is 14.8 Å². The molecular weight excluding hydrogens is 430 g/mol. The van der Waals surface area contributed by atoms with Crippen LogP contribution in [0.25, 0.3) is 0 Å². The lowest BCUT2D eigenvalue weighted by Crippen LogP contribution is -2.41. The van der Waals surface area contributed by atoms with Crippen LogP contribution in [0.2, 0.25) is 5.02 Å². The Morgan fingerprint density at radius 1 is 1.13 bits per heavy atom. The van der Waals surface area contributed by atoms with Crippen LogP contribution in [0.4, 0.5) is 5.69 Å². The van der Waals surface area contributed by atoms with Gasteiger partial charge in [0, 0.05) is 29.6 Å². The van der Waals surface area contributed by atoms with Gasteiger partial charge < -0.3 is 15.8 Å². The third-order valence-electron chi connectivity index (χ3n) is 5.02. The Balaban J connectivity index is 1.84. The number of primary amides is 1. The quantitative estimate of drug-likeness (QED) is 0.699. The summed E-state index contributed by atoms with van der Waals surface area (Å²) in [6.45, 7) is 0.406. The number of hydrogen-bond acceptors (Lipinski definition) is 5. The van der Waals surface area contributed by atoms with Crippen molar-refractivity contribution in [2.45, 2.75) is 17.7 Å². The third kappa shape index (κ3) is 4.75. The predicted octanol–water partition coefficient (Wildman–Crippen LogP) is 2.49. The summed E-state index contributed by atoms with van der Waals surface area (Å²) in [4.78, 5) is 23.9. The van der Waals surface area contributed by atoms with Crippen molar-refractivity contribution in [2.24, 2.45) is 11.7 Å². The highest BCUT2D eigenvalue weighted by Gasteiger charge is 2.31. The highest BCUT2D eigenvalue weighted by atomic mass is 35.5. The Hall–Kier alpha value is -2.62. The second-order valence-electron chi connectivity index (χ2n) is 6.90. The van der Waals surface area contributed by atoms with Crippen LogP contribution >= 0.6 is 11.6 Å². The molecule has 0 spiro atoms. The molecule has 0 saturated carbocycles. The Morgan fingerprint density at radius 2 is 1.77 bits per heavy atom. The topological polar surface area (TPSA) is 119 Å². The molecule has 2 amide bonds. The van der Waals surface area contributed by atoms with Gasteiger partial charge in [0.25, 0.3) is 5.91 Å². The number of anilines is 1. The lowest BCUT2D eigenvalue weighted by Gasteiger charge is -2.29. The van der Waals surface area contributed by atoms with E-state index >= 15 is 0 Å². The maximum atomic E-state index is 13.1. The van der Waals surface area contributed by atoms with Gasteiger partial charge in [-0.05, 0) is 55.3 Å². The molecule has 1 aliphatic heterocycles. The van der Waals surface area contributed by atoms with Crippen LogP contribution in [0.1, 0.15) is 23.2 Å². The molecule has 0 aliphatic carbocycles. The van der Waals surface area contributed by atoms with E-state index < -0.39 is 21.8 Å². The minimum Gasteiger partial charge on any atom is -0.495 e. The second kappa shape index (κ2) is 9.03. The summed E-state index contributed by atoms with van der Waals surface area (Å²) in [7, 11) is -2.38. The molecule has 0 radical (unpaired) electrons. The van der Waals surface area contributed by atoms with Crippen molar-refractivity contribution in [3.05, 3.63) is 53.1 Å². The van der Waals surface area contributed by atoms with Crippen LogP contribution in [-0.4, -0.2) is 44.7 Å². The van der Waals surface area contributed by atoms with Crippen molar-refractivity contribution in [1.29, 1.82) is 0 Å². The number of amides is 2. The number of hydrogen-bond donors (Lipinski definition) is 2. The second-order valence-corrected chi connectivity index (χ2v) is 9.28. The molecule has 1 saturated heterocycles. The van der Waals surface area contributed by atoms with Gasteiger partial charge in [-0.1, -0.05) is 11.6 Å². The maximum Gasteiger partial charge on any atom is 0.255 e. The van der Waals surface area contributed by atoms with Gasteiger partial charge in [-0.15, -0.1) is 0 Å². The van der Waals surface area contributed by atoms with Crippen LogP contribution in [0.3, 0.4) is 0 Å². The number of halogens is 1. The molecule has 0 unspecified atom stereocenters. The summed E-state index contributed by atoms with van der Waals surface area (Å²) in [6.07, 6.45) is 0.760. The summed E-state index contributed by atoms with van der Waals surface area (Å²) in [5, 5.41) is 3.18. The first-order valence-electron chi connectivity index (χ1n) is 9.27. The average Bonchev–Trinajstić information content (AvgIpc) is 2.74. The first-order chi connectivity index (χ1) is 14.2. The van der Waals surface area contributed by atoms with Gasteiger partial charge in [0.1, 0.15) is 5.75 Å². The first-order valence-corrected chi connectivity index (χ1v) is 11.1. The van der Waals surface area contributed by atoms with Crippen molar-refractivity contribution in [2.75, 3.05) is 25.5 Å². The van der Waals surface area contributed by atoms with E-state index in [9.17, 15) is 18.0 Å². The molecule has 3 rings (SSSR count). The van der Waals surface area contributed by atoms with Gasteiger partial charge in [0.15, 0.2) is 0 Å². The van der Waals surface area contributed by atoms with Gasteiger partial charge in [-0.25, -0.2) is 8.42 Å². The number of sulfonamides is 1. The van der Waals surface area contributed by atoms with E-state index in [1.165, 1.54) is 29.6 Å². The van der Waals surface area contributed by atoms with Crippen LogP contribution in [0.15, 0.2) is 47.4 Å². The Kier molecular flexibility index (Phi) is 6.64. The van der Waals surface area contributed by atoms with Crippen molar-refractivity contribution >= 4 is 39.1 Å². The Morgan fingerprint density at radius 3 is 2.33 bits per heavy atom. The standard InChI is InChI=1S/C20H22ClN3O5S/c1-29-18-7-6-16(30(27,28)24-10-8-13(9-11-24)19(22)25)12-17(18)23-20(26)14-2-4-15(21)5-3-14/h2-7,12-13H,8-11H2,1H3,(H2,22,25)(H,23,26). The highest BCUT2D eigenvalue weighted by molar-refractivity contribution is 7.89. The lowest BCUT2D eigenvalue weighted by atomic mass is 9.98. The predicted molar refractivity (Wildman–Crippen MR) is 113 cm³/mol. The number of nitrogens with two attached hydrogens (primary N) is 1. The van der Waals surface area contributed by atoms with E-state index in [1.807, 2.05) is 0 Å². The minimum absolute atomic E-state index is 0.0206. The number of carbonyl (C=O) groups is 2. The van der Waals surface area contributed by atoms with Gasteiger partial charge in [-0.3, -0.25) is 9.59 Å². The molecule has 2 aromatic carbocycles. The highest BCUT2D eigenvalue weighted by Crippen LogP contribution is 2.31. The summed E-state index contributed by atoms with van der Waals surface area (Å²) >= 11 is 5.85. The molecule has 1 fully saturated rings. The zero-order chi connectivity index (χ0) is 21.9. The molecule has 0 aromatic heterocycles. The maximum absolute atomic E-state index is 13.1. The van der Waals surface area contributed by atoms with Gasteiger partial charge >= 0.3 is 0 Å². The molecular formula is C20H22ClN3O5S. The molecule has 30 heavy (non-hydrogen) atoms. The Bertz CT molecular complexity index is 1050. The third-order valence-corrected chi connectivity index (χ3v) is 7.17. The fourth-order valence-electron chi connectivity index (χ4n) is 3.27. The molecule has 2 aromatic rings. The molecule has 3 N–H and O–H groups in total. The van der Waals surface area contributed by atoms with Crippen molar-refractivity contribution in [3.8, 4) is 5.75 Å². The van der Waals surface area contributed by atoms with E-state index in [2.05, 4.69) is 5.32 Å². The zero-order valence-electron chi connectivity index (χ0n) is 16.3. The smallest absolute Gasteiger partial charge is 0.255 e. The van der Waals surface area contributed by atoms with E-state index in [-0.39, 0.29) is 29.6 Å². The summed E-state index contributed by atoms with van der Waals surface area (Å²) < 4.78 is 32.7. The average molecular weight is 452 g/mol. The van der Waals surface area contributed by atoms with Crippen LogP contribution in [0.5, 0.6) is 5.75 Å². The molecule has 1 heterocycles. The largest absolute Gasteiger partial charge is 0.495 e.